The van der Waals surface area contributed by atoms with Crippen molar-refractivity contribution in [2.24, 2.45) is 0 Å². The van der Waals surface area contributed by atoms with Gasteiger partial charge in [-0.15, -0.1) is 0 Å². The third-order valence-corrected chi connectivity index (χ3v) is 2.86. The maximum absolute atomic E-state index is 10.2. The van der Waals surface area contributed by atoms with E-state index >= 15 is 0 Å². The molecule has 2 heteroatoms. The van der Waals surface area contributed by atoms with Gasteiger partial charge in [-0.1, -0.05) is 48.6 Å². The maximum atomic E-state index is 10.2. The van der Waals surface area contributed by atoms with Gasteiger partial charge in [-0.25, -0.2) is 0 Å². The van der Waals surface area contributed by atoms with Crippen LogP contribution in [0.15, 0.2) is 48.6 Å². The van der Waals surface area contributed by atoms with E-state index in [9.17, 15) is 10.2 Å². The minimum absolute atomic E-state index is 0.349. The average Bonchev–Trinajstić information content (AvgIpc) is 2.18. The third-order valence-electron chi connectivity index (χ3n) is 2.86. The summed E-state index contributed by atoms with van der Waals surface area (Å²) in [6.07, 6.45) is 16.3. The highest BCUT2D eigenvalue weighted by atomic mass is 16.3. The molecule has 15 heavy (non-hydrogen) atoms. The normalized spacial score (nSPS) is 38.5. The van der Waals surface area contributed by atoms with Gasteiger partial charge in [0, 0.05) is 6.42 Å². The fraction of sp³-hybridized carbons (Fsp3) is 0.385. The van der Waals surface area contributed by atoms with Gasteiger partial charge in [-0.2, -0.15) is 0 Å². The van der Waals surface area contributed by atoms with E-state index in [1.165, 1.54) is 0 Å². The van der Waals surface area contributed by atoms with E-state index in [4.69, 9.17) is 0 Å². The van der Waals surface area contributed by atoms with Crippen molar-refractivity contribution in [1.29, 1.82) is 0 Å². The molecule has 0 aromatic carbocycles. The van der Waals surface area contributed by atoms with Crippen LogP contribution in [0.2, 0.25) is 0 Å². The Bertz CT molecular complexity index is 318. The fourth-order valence-corrected chi connectivity index (χ4v) is 2.10. The summed E-state index contributed by atoms with van der Waals surface area (Å²) >= 11 is 0. The molecule has 2 nitrogen and oxygen atoms in total. The zero-order chi connectivity index (χ0) is 10.8. The Hall–Kier alpha value is -1.12. The predicted molar refractivity (Wildman–Crippen MR) is 60.3 cm³/mol. The Labute approximate surface area is 89.9 Å². The second kappa shape index (κ2) is 3.80. The second-order valence-corrected chi connectivity index (χ2v) is 4.37. The summed E-state index contributed by atoms with van der Waals surface area (Å²) in [6.45, 7) is 0. The van der Waals surface area contributed by atoms with Crippen LogP contribution in [-0.2, 0) is 0 Å². The molecular weight excluding hydrogens is 188 g/mol. The van der Waals surface area contributed by atoms with Crippen LogP contribution < -0.4 is 0 Å². The number of rotatable bonds is 2. The van der Waals surface area contributed by atoms with E-state index in [1.807, 2.05) is 36.5 Å². The van der Waals surface area contributed by atoms with Gasteiger partial charge in [-0.05, 0) is 12.8 Å². The lowest BCUT2D eigenvalue weighted by Crippen LogP contribution is -2.39. The molecule has 0 aliphatic heterocycles. The van der Waals surface area contributed by atoms with E-state index in [0.717, 1.165) is 0 Å². The third kappa shape index (κ3) is 2.46. The SMILES string of the molecule is OC1(CC2(O)C=CC=CC2)C=CC=CC1. The summed E-state index contributed by atoms with van der Waals surface area (Å²) in [4.78, 5) is 0. The van der Waals surface area contributed by atoms with Gasteiger partial charge in [0.25, 0.3) is 0 Å². The van der Waals surface area contributed by atoms with Gasteiger partial charge in [-0.3, -0.25) is 0 Å². The number of hydrogen-bond acceptors (Lipinski definition) is 2. The summed E-state index contributed by atoms with van der Waals surface area (Å²) in [5.41, 5.74) is -1.81. The first-order chi connectivity index (χ1) is 7.12. The molecule has 0 radical (unpaired) electrons. The highest BCUT2D eigenvalue weighted by molar-refractivity contribution is 5.24. The van der Waals surface area contributed by atoms with Crippen LogP contribution >= 0.6 is 0 Å². The topological polar surface area (TPSA) is 40.5 Å². The Morgan fingerprint density at radius 3 is 1.60 bits per heavy atom. The molecule has 2 aliphatic rings. The van der Waals surface area contributed by atoms with Gasteiger partial charge in [0.1, 0.15) is 0 Å². The van der Waals surface area contributed by atoms with E-state index in [-0.39, 0.29) is 0 Å². The molecule has 2 unspecified atom stereocenters. The van der Waals surface area contributed by atoms with Crippen LogP contribution in [-0.4, -0.2) is 21.4 Å². The number of allylic oxidation sites excluding steroid dienone is 4. The minimum Gasteiger partial charge on any atom is -0.385 e. The smallest absolute Gasteiger partial charge is 0.0895 e. The first-order valence-corrected chi connectivity index (χ1v) is 5.26. The summed E-state index contributed by atoms with van der Waals surface area (Å²) in [5.74, 6) is 0. The molecule has 2 atom stereocenters. The zero-order valence-electron chi connectivity index (χ0n) is 8.63. The minimum atomic E-state index is -0.904. The largest absolute Gasteiger partial charge is 0.385 e. The van der Waals surface area contributed by atoms with Crippen LogP contribution in [0.3, 0.4) is 0 Å². The van der Waals surface area contributed by atoms with Gasteiger partial charge in [0.05, 0.1) is 11.2 Å². The van der Waals surface area contributed by atoms with Crippen molar-refractivity contribution in [3.05, 3.63) is 48.6 Å². The van der Waals surface area contributed by atoms with Crippen LogP contribution in [0.25, 0.3) is 0 Å². The molecule has 80 valence electrons. The van der Waals surface area contributed by atoms with E-state index < -0.39 is 11.2 Å². The maximum Gasteiger partial charge on any atom is 0.0895 e. The summed E-state index contributed by atoms with van der Waals surface area (Å²) < 4.78 is 0. The van der Waals surface area contributed by atoms with Crippen LogP contribution in [0.1, 0.15) is 19.3 Å². The molecule has 0 heterocycles. The summed E-state index contributed by atoms with van der Waals surface area (Å²) in [6, 6.07) is 0. The number of aliphatic hydroxyl groups is 2. The lowest BCUT2D eigenvalue weighted by molar-refractivity contribution is -0.0101. The Balaban J connectivity index is 2.08. The fourth-order valence-electron chi connectivity index (χ4n) is 2.10. The van der Waals surface area contributed by atoms with Gasteiger partial charge >= 0.3 is 0 Å². The van der Waals surface area contributed by atoms with E-state index in [1.54, 1.807) is 12.2 Å². The second-order valence-electron chi connectivity index (χ2n) is 4.37. The van der Waals surface area contributed by atoms with E-state index in [2.05, 4.69) is 0 Å². The van der Waals surface area contributed by atoms with Crippen LogP contribution in [0.5, 0.6) is 0 Å². The van der Waals surface area contributed by atoms with Gasteiger partial charge in [0.15, 0.2) is 0 Å². The van der Waals surface area contributed by atoms with Crippen molar-refractivity contribution in [1.82, 2.24) is 0 Å². The first-order valence-electron chi connectivity index (χ1n) is 5.26. The predicted octanol–water partition coefficient (Wildman–Crippen LogP) is 1.87. The van der Waals surface area contributed by atoms with Crippen molar-refractivity contribution in [3.63, 3.8) is 0 Å². The quantitative estimate of drug-likeness (QED) is 0.721. The molecule has 2 aliphatic carbocycles. The molecule has 0 amide bonds. The molecule has 0 saturated carbocycles. The number of hydrogen-bond donors (Lipinski definition) is 2. The molecule has 0 saturated heterocycles. The van der Waals surface area contributed by atoms with Gasteiger partial charge < -0.3 is 10.2 Å². The summed E-state index contributed by atoms with van der Waals surface area (Å²) in [7, 11) is 0. The highest BCUT2D eigenvalue weighted by Crippen LogP contribution is 2.32. The zero-order valence-corrected chi connectivity index (χ0v) is 8.63. The molecule has 2 rings (SSSR count). The van der Waals surface area contributed by atoms with E-state index in [0.29, 0.717) is 19.3 Å². The Morgan fingerprint density at radius 1 is 0.800 bits per heavy atom. The lowest BCUT2D eigenvalue weighted by Gasteiger charge is -2.34. The van der Waals surface area contributed by atoms with Gasteiger partial charge in [0.2, 0.25) is 0 Å². The van der Waals surface area contributed by atoms with Crippen molar-refractivity contribution in [3.8, 4) is 0 Å². The Kier molecular flexibility index (Phi) is 2.63. The van der Waals surface area contributed by atoms with Crippen molar-refractivity contribution in [2.75, 3.05) is 0 Å². The molecule has 2 N–H and O–H groups in total. The molecule has 0 spiro atoms. The molecule has 0 aromatic rings. The lowest BCUT2D eigenvalue weighted by atomic mass is 9.80. The van der Waals surface area contributed by atoms with Crippen molar-refractivity contribution in [2.45, 2.75) is 30.5 Å². The first kappa shape index (κ1) is 10.4. The highest BCUT2D eigenvalue weighted by Gasteiger charge is 2.35. The molecule has 0 fully saturated rings. The van der Waals surface area contributed by atoms with Crippen molar-refractivity contribution >= 4 is 0 Å². The molecule has 0 aromatic heterocycles. The standard InChI is InChI=1S/C13H16O2/c14-12(7-3-1-4-8-12)11-13(15)9-5-2-6-10-13/h1-7,9,14-15H,8,10-11H2. The summed E-state index contributed by atoms with van der Waals surface area (Å²) in [5, 5.41) is 20.5. The molecule has 0 bridgehead atoms. The monoisotopic (exact) mass is 204 g/mol. The average molecular weight is 204 g/mol. The van der Waals surface area contributed by atoms with Crippen LogP contribution in [0, 0.1) is 0 Å². The van der Waals surface area contributed by atoms with Crippen molar-refractivity contribution < 1.29 is 10.2 Å². The Morgan fingerprint density at radius 2 is 1.27 bits per heavy atom. The molecular formula is C13H16O2. The van der Waals surface area contributed by atoms with Crippen LogP contribution in [0.4, 0.5) is 0 Å².